The Bertz CT molecular complexity index is 1190. The second-order valence-electron chi connectivity index (χ2n) is 9.90. The predicted molar refractivity (Wildman–Crippen MR) is 134 cm³/mol. The number of carbonyl (C=O) groups excluding carboxylic acids is 1. The molecule has 182 valence electrons. The third-order valence-electron chi connectivity index (χ3n) is 6.11. The SMILES string of the molecule is CC(C)(C)OC(=O)N1CCc2ccc(Nc3cc(N4OCC[C@@H]4c4ccccc4)ncn3)cc2C1. The van der Waals surface area contributed by atoms with Crippen LogP contribution in [-0.2, 0) is 22.5 Å². The van der Waals surface area contributed by atoms with Gasteiger partial charge in [0.05, 0.1) is 12.6 Å². The maximum Gasteiger partial charge on any atom is 0.410 e. The van der Waals surface area contributed by atoms with Crippen molar-refractivity contribution in [1.29, 1.82) is 0 Å². The first kappa shape index (κ1) is 23.1. The van der Waals surface area contributed by atoms with Gasteiger partial charge in [-0.15, -0.1) is 0 Å². The fourth-order valence-electron chi connectivity index (χ4n) is 4.47. The largest absolute Gasteiger partial charge is 0.444 e. The highest BCUT2D eigenvalue weighted by atomic mass is 16.7. The van der Waals surface area contributed by atoms with E-state index in [4.69, 9.17) is 9.57 Å². The third kappa shape index (κ3) is 5.38. The number of amides is 1. The van der Waals surface area contributed by atoms with Gasteiger partial charge in [-0.3, -0.25) is 4.84 Å². The summed E-state index contributed by atoms with van der Waals surface area (Å²) in [6.45, 7) is 7.48. The fraction of sp³-hybridized carbons (Fsp3) is 0.370. The van der Waals surface area contributed by atoms with Crippen LogP contribution in [0.15, 0.2) is 60.9 Å². The van der Waals surface area contributed by atoms with Gasteiger partial charge in [0.25, 0.3) is 0 Å². The van der Waals surface area contributed by atoms with Gasteiger partial charge in [0, 0.05) is 31.3 Å². The quantitative estimate of drug-likeness (QED) is 0.544. The van der Waals surface area contributed by atoms with Crippen LogP contribution < -0.4 is 10.4 Å². The number of aromatic nitrogens is 2. The Morgan fingerprint density at radius 3 is 2.71 bits per heavy atom. The minimum Gasteiger partial charge on any atom is -0.444 e. The van der Waals surface area contributed by atoms with Crippen LogP contribution in [0.25, 0.3) is 0 Å². The van der Waals surface area contributed by atoms with Gasteiger partial charge in [0.15, 0.2) is 5.82 Å². The molecule has 0 bridgehead atoms. The standard InChI is InChI=1S/C27H31N5O3/c1-27(2,3)35-26(33)31-13-11-19-9-10-22(15-21(19)17-31)30-24-16-25(29-18-28-24)32-23(12-14-34-32)20-7-5-4-6-8-20/h4-10,15-16,18,23H,11-14,17H2,1-3H3,(H,28,29,30)/t23-/m1/s1. The first-order valence-electron chi connectivity index (χ1n) is 12.0. The number of hydrogen-bond donors (Lipinski definition) is 1. The highest BCUT2D eigenvalue weighted by Crippen LogP contribution is 2.34. The zero-order valence-corrected chi connectivity index (χ0v) is 20.4. The van der Waals surface area contributed by atoms with Crippen molar-refractivity contribution >= 4 is 23.4 Å². The number of ether oxygens (including phenoxy) is 1. The summed E-state index contributed by atoms with van der Waals surface area (Å²) < 4.78 is 5.56. The molecule has 1 N–H and O–H groups in total. The van der Waals surface area contributed by atoms with Gasteiger partial charge in [-0.25, -0.2) is 19.8 Å². The molecule has 1 atom stereocenters. The molecule has 0 saturated carbocycles. The summed E-state index contributed by atoms with van der Waals surface area (Å²) in [5.41, 5.74) is 3.94. The average molecular weight is 474 g/mol. The molecule has 0 radical (unpaired) electrons. The van der Waals surface area contributed by atoms with Crippen molar-refractivity contribution in [3.05, 3.63) is 77.6 Å². The summed E-state index contributed by atoms with van der Waals surface area (Å²) in [5.74, 6) is 1.39. The summed E-state index contributed by atoms with van der Waals surface area (Å²) in [6, 6.07) is 18.6. The summed E-state index contributed by atoms with van der Waals surface area (Å²) >= 11 is 0. The molecule has 1 amide bonds. The number of hydroxylamine groups is 1. The van der Waals surface area contributed by atoms with Gasteiger partial charge < -0.3 is 15.0 Å². The van der Waals surface area contributed by atoms with E-state index in [1.54, 1.807) is 11.2 Å². The molecule has 0 spiro atoms. The lowest BCUT2D eigenvalue weighted by Crippen LogP contribution is -2.39. The summed E-state index contributed by atoms with van der Waals surface area (Å²) in [6.07, 6.45) is 2.97. The number of nitrogens with zero attached hydrogens (tertiary/aromatic N) is 4. The number of fused-ring (bicyclic) bond motifs is 1. The maximum atomic E-state index is 12.5. The molecule has 1 aromatic heterocycles. The molecule has 35 heavy (non-hydrogen) atoms. The predicted octanol–water partition coefficient (Wildman–Crippen LogP) is 5.40. The molecule has 5 rings (SSSR count). The Balaban J connectivity index is 1.31. The molecule has 8 nitrogen and oxygen atoms in total. The number of hydrogen-bond acceptors (Lipinski definition) is 7. The molecule has 1 saturated heterocycles. The maximum absolute atomic E-state index is 12.5. The Kier molecular flexibility index (Phi) is 6.30. The van der Waals surface area contributed by atoms with Crippen LogP contribution in [0.1, 0.15) is 49.9 Å². The normalized spacial score (nSPS) is 17.7. The van der Waals surface area contributed by atoms with Crippen molar-refractivity contribution in [2.24, 2.45) is 0 Å². The van der Waals surface area contributed by atoms with E-state index in [0.29, 0.717) is 31.3 Å². The van der Waals surface area contributed by atoms with Crippen molar-refractivity contribution in [1.82, 2.24) is 14.9 Å². The van der Waals surface area contributed by atoms with Crippen molar-refractivity contribution in [3.8, 4) is 0 Å². The summed E-state index contributed by atoms with van der Waals surface area (Å²) in [5, 5.41) is 5.26. The lowest BCUT2D eigenvalue weighted by molar-refractivity contribution is 0.0224. The fourth-order valence-corrected chi connectivity index (χ4v) is 4.47. The first-order valence-corrected chi connectivity index (χ1v) is 12.0. The first-order chi connectivity index (χ1) is 16.9. The van der Waals surface area contributed by atoms with E-state index in [1.165, 1.54) is 11.1 Å². The molecule has 3 heterocycles. The number of nitrogens with one attached hydrogen (secondary N) is 1. The summed E-state index contributed by atoms with van der Waals surface area (Å²) in [4.78, 5) is 29.1. The Labute approximate surface area is 205 Å². The average Bonchev–Trinajstić information content (AvgIpc) is 3.33. The second-order valence-corrected chi connectivity index (χ2v) is 9.90. The van der Waals surface area contributed by atoms with Crippen LogP contribution in [0.3, 0.4) is 0 Å². The molecule has 2 aromatic carbocycles. The second kappa shape index (κ2) is 9.54. The van der Waals surface area contributed by atoms with E-state index in [2.05, 4.69) is 39.6 Å². The Morgan fingerprint density at radius 2 is 1.91 bits per heavy atom. The van der Waals surface area contributed by atoms with Crippen molar-refractivity contribution in [2.75, 3.05) is 23.5 Å². The highest BCUT2D eigenvalue weighted by Gasteiger charge is 2.29. The number of benzene rings is 2. The minimum atomic E-state index is -0.510. The minimum absolute atomic E-state index is 0.113. The smallest absolute Gasteiger partial charge is 0.410 e. The lowest BCUT2D eigenvalue weighted by atomic mass is 9.99. The van der Waals surface area contributed by atoms with E-state index in [0.717, 1.165) is 24.1 Å². The zero-order chi connectivity index (χ0) is 24.4. The van der Waals surface area contributed by atoms with Crippen LogP contribution in [0, 0.1) is 0 Å². The molecule has 0 unspecified atom stereocenters. The van der Waals surface area contributed by atoms with Crippen LogP contribution in [-0.4, -0.2) is 39.7 Å². The van der Waals surface area contributed by atoms with Crippen molar-refractivity contribution in [3.63, 3.8) is 0 Å². The van der Waals surface area contributed by atoms with Crippen molar-refractivity contribution in [2.45, 2.75) is 51.8 Å². The number of anilines is 3. The van der Waals surface area contributed by atoms with Crippen LogP contribution in [0.5, 0.6) is 0 Å². The van der Waals surface area contributed by atoms with E-state index >= 15 is 0 Å². The van der Waals surface area contributed by atoms with Gasteiger partial charge in [0.2, 0.25) is 0 Å². The molecule has 2 aliphatic heterocycles. The summed E-state index contributed by atoms with van der Waals surface area (Å²) in [7, 11) is 0. The van der Waals surface area contributed by atoms with Gasteiger partial charge in [-0.2, -0.15) is 0 Å². The Morgan fingerprint density at radius 1 is 1.09 bits per heavy atom. The topological polar surface area (TPSA) is 79.8 Å². The monoisotopic (exact) mass is 473 g/mol. The van der Waals surface area contributed by atoms with E-state index in [1.807, 2.05) is 56.2 Å². The third-order valence-corrected chi connectivity index (χ3v) is 6.11. The van der Waals surface area contributed by atoms with Crippen LogP contribution >= 0.6 is 0 Å². The van der Waals surface area contributed by atoms with E-state index in [-0.39, 0.29) is 12.1 Å². The molecule has 2 aliphatic rings. The van der Waals surface area contributed by atoms with E-state index in [9.17, 15) is 4.79 Å². The Hall–Kier alpha value is -3.65. The molecule has 8 heteroatoms. The van der Waals surface area contributed by atoms with Crippen LogP contribution in [0.4, 0.5) is 22.1 Å². The number of carbonyl (C=O) groups is 1. The lowest BCUT2D eigenvalue weighted by Gasteiger charge is -2.31. The van der Waals surface area contributed by atoms with Gasteiger partial charge >= 0.3 is 6.09 Å². The van der Waals surface area contributed by atoms with E-state index < -0.39 is 5.60 Å². The number of rotatable bonds is 4. The zero-order valence-electron chi connectivity index (χ0n) is 20.4. The molecule has 3 aromatic rings. The van der Waals surface area contributed by atoms with Crippen LogP contribution in [0.2, 0.25) is 0 Å². The van der Waals surface area contributed by atoms with Gasteiger partial charge in [-0.1, -0.05) is 36.4 Å². The molecular formula is C27H31N5O3. The van der Waals surface area contributed by atoms with Gasteiger partial charge in [0.1, 0.15) is 17.7 Å². The van der Waals surface area contributed by atoms with Gasteiger partial charge in [-0.05, 0) is 56.0 Å². The molecule has 0 aliphatic carbocycles. The van der Waals surface area contributed by atoms with Crippen molar-refractivity contribution < 1.29 is 14.4 Å². The molecular weight excluding hydrogens is 442 g/mol. The highest BCUT2D eigenvalue weighted by molar-refractivity contribution is 5.69. The molecule has 1 fully saturated rings.